The number of azo groups is 2. The Morgan fingerprint density at radius 3 is 1.24 bits per heavy atom. The average Bonchev–Trinajstić information content (AvgIpc) is 3.27. The molecule has 0 aliphatic heterocycles. The molecule has 4 atom stereocenters. The Hall–Kier alpha value is -6.32. The van der Waals surface area contributed by atoms with Crippen molar-refractivity contribution in [2.45, 2.75) is 77.2 Å². The van der Waals surface area contributed by atoms with Crippen LogP contribution in [0.3, 0.4) is 0 Å². The van der Waals surface area contributed by atoms with E-state index in [9.17, 15) is 28.8 Å². The maximum atomic E-state index is 13.6. The number of rotatable bonds is 18. The second kappa shape index (κ2) is 23.2. The smallest absolute Gasteiger partial charge is 0.258 e. The molecule has 0 aromatic heterocycles. The van der Waals surface area contributed by atoms with Crippen LogP contribution in [0.1, 0.15) is 95.3 Å². The van der Waals surface area contributed by atoms with Crippen molar-refractivity contribution in [2.75, 3.05) is 21.3 Å². The van der Waals surface area contributed by atoms with Crippen LogP contribution in [-0.4, -0.2) is 47.3 Å². The number of aryl methyl sites for hydroxylation is 2. The molecule has 0 fully saturated rings. The molecule has 0 bridgehead atoms. The fraction of sp³-hybridized carbons (Fsp3) is 0.250. The summed E-state index contributed by atoms with van der Waals surface area (Å²) in [6.45, 7) is 9.67. The van der Waals surface area contributed by atoms with Gasteiger partial charge >= 0.3 is 0 Å². The maximum Gasteiger partial charge on any atom is 0.258 e. The average molecular weight is 973 g/mol. The largest absolute Gasteiger partial charge is 0.323 e. The zero-order valence-corrected chi connectivity index (χ0v) is 39.7. The van der Waals surface area contributed by atoms with Crippen LogP contribution in [0.5, 0.6) is 0 Å². The molecule has 342 valence electrons. The summed E-state index contributed by atoms with van der Waals surface area (Å²) in [7, 11) is 0. The van der Waals surface area contributed by atoms with Crippen molar-refractivity contribution < 1.29 is 28.8 Å². The third-order valence-electron chi connectivity index (χ3n) is 10.1. The van der Waals surface area contributed by atoms with Crippen LogP contribution in [0.15, 0.2) is 118 Å². The number of anilines is 4. The van der Waals surface area contributed by atoms with E-state index in [2.05, 4.69) is 41.7 Å². The summed E-state index contributed by atoms with van der Waals surface area (Å²) >= 11 is 25.2. The molecule has 0 radical (unpaired) electrons. The summed E-state index contributed by atoms with van der Waals surface area (Å²) in [6, 6.07) is 23.0. The van der Waals surface area contributed by atoms with Gasteiger partial charge in [0.15, 0.2) is 11.6 Å². The van der Waals surface area contributed by atoms with Gasteiger partial charge in [-0.25, -0.2) is 0 Å². The molecule has 18 heteroatoms. The molecule has 66 heavy (non-hydrogen) atoms. The third kappa shape index (κ3) is 13.4. The minimum atomic E-state index is -1.59. The molecule has 5 aromatic rings. The Kier molecular flexibility index (Phi) is 17.8. The minimum absolute atomic E-state index is 0.0527. The van der Waals surface area contributed by atoms with Crippen molar-refractivity contribution >= 4 is 116 Å². The molecular weight excluding hydrogens is 926 g/mol. The van der Waals surface area contributed by atoms with Gasteiger partial charge in [-0.2, -0.15) is 20.5 Å². The zero-order valence-electron chi connectivity index (χ0n) is 36.7. The second-order valence-corrected chi connectivity index (χ2v) is 17.2. The van der Waals surface area contributed by atoms with E-state index >= 15 is 0 Å². The summed E-state index contributed by atoms with van der Waals surface area (Å²) in [5.41, 5.74) is 5.06. The molecule has 0 aliphatic rings. The van der Waals surface area contributed by atoms with Crippen molar-refractivity contribution in [3.05, 3.63) is 140 Å². The fourth-order valence-corrected chi connectivity index (χ4v) is 6.96. The van der Waals surface area contributed by atoms with Crippen LogP contribution in [0.4, 0.5) is 34.1 Å². The molecule has 0 saturated heterocycles. The van der Waals surface area contributed by atoms with Crippen LogP contribution >= 0.6 is 46.4 Å². The van der Waals surface area contributed by atoms with Crippen molar-refractivity contribution in [3.63, 3.8) is 0 Å². The number of ketones is 2. The zero-order chi connectivity index (χ0) is 48.2. The molecule has 4 unspecified atom stereocenters. The number of nitrogens with one attached hydrogen (secondary N) is 4. The Bertz CT molecular complexity index is 2560. The van der Waals surface area contributed by atoms with Gasteiger partial charge in [0.2, 0.25) is 12.1 Å². The molecule has 5 rings (SSSR count). The Morgan fingerprint density at radius 1 is 0.530 bits per heavy atom. The van der Waals surface area contributed by atoms with Crippen molar-refractivity contribution in [2.24, 2.45) is 20.5 Å². The van der Waals surface area contributed by atoms with Crippen molar-refractivity contribution in [1.82, 2.24) is 0 Å². The first-order valence-electron chi connectivity index (χ1n) is 20.7. The third-order valence-corrected chi connectivity index (χ3v) is 11.2. The van der Waals surface area contributed by atoms with Gasteiger partial charge in [0.25, 0.3) is 23.6 Å². The lowest BCUT2D eigenvalue weighted by atomic mass is 10.0. The maximum absolute atomic E-state index is 13.6. The predicted molar refractivity (Wildman–Crippen MR) is 261 cm³/mol. The Balaban J connectivity index is 1.30. The number of amides is 4. The second-order valence-electron chi connectivity index (χ2n) is 15.0. The molecule has 14 nitrogen and oxygen atoms in total. The van der Waals surface area contributed by atoms with E-state index in [0.717, 1.165) is 11.1 Å². The lowest BCUT2D eigenvalue weighted by molar-refractivity contribution is -0.127. The van der Waals surface area contributed by atoms with Crippen molar-refractivity contribution in [1.29, 1.82) is 0 Å². The van der Waals surface area contributed by atoms with E-state index in [-0.39, 0.29) is 43.3 Å². The number of hydrogen-bond acceptors (Lipinski definition) is 10. The van der Waals surface area contributed by atoms with Gasteiger partial charge in [-0.1, -0.05) is 61.3 Å². The molecule has 0 spiro atoms. The summed E-state index contributed by atoms with van der Waals surface area (Å²) in [5.74, 6) is -3.72. The summed E-state index contributed by atoms with van der Waals surface area (Å²) in [4.78, 5) is 79.1. The van der Waals surface area contributed by atoms with E-state index in [0.29, 0.717) is 46.7 Å². The molecule has 5 aromatic carbocycles. The molecule has 4 N–H and O–H groups in total. The number of benzene rings is 5. The molecule has 4 amide bonds. The SMILES string of the molecule is CCc1cc(NC(=O)C(N=Nc2cc(C(=O)Nc3cccc(C(C)Cl)c3)ccc2Cl)C(C)=O)c(CC)cc1NC(=O)C(N=Nc1cc(C(=O)Nc2cccc(C(C)Cl)c2)ccc1Cl)C(C)=O. The van der Waals surface area contributed by atoms with Gasteiger partial charge in [-0.3, -0.25) is 28.8 Å². The molecule has 0 heterocycles. The Morgan fingerprint density at radius 2 is 0.909 bits per heavy atom. The quantitative estimate of drug-likeness (QED) is 0.0382. The number of halogens is 4. The monoisotopic (exact) mass is 970 g/mol. The van der Waals surface area contributed by atoms with Crippen LogP contribution in [0, 0.1) is 0 Å². The Labute approximate surface area is 402 Å². The van der Waals surface area contributed by atoms with Gasteiger partial charge in [0, 0.05) is 33.9 Å². The highest BCUT2D eigenvalue weighted by Gasteiger charge is 2.27. The summed E-state index contributed by atoms with van der Waals surface area (Å²) in [6.07, 6.45) is 0.758. The van der Waals surface area contributed by atoms with Gasteiger partial charge in [0.1, 0.15) is 11.4 Å². The van der Waals surface area contributed by atoms with E-state index in [4.69, 9.17) is 46.4 Å². The minimum Gasteiger partial charge on any atom is -0.323 e. The number of Topliss-reactive ketones (excluding diaryl/α,β-unsaturated/α-hetero) is 2. The highest BCUT2D eigenvalue weighted by atomic mass is 35.5. The molecular formula is C48H46Cl4N8O6. The predicted octanol–water partition coefficient (Wildman–Crippen LogP) is 12.6. The highest BCUT2D eigenvalue weighted by molar-refractivity contribution is 6.33. The fourth-order valence-electron chi connectivity index (χ4n) is 6.38. The normalized spacial score (nSPS) is 13.1. The lowest BCUT2D eigenvalue weighted by Crippen LogP contribution is -2.33. The number of alkyl halides is 2. The van der Waals surface area contributed by atoms with Crippen molar-refractivity contribution in [3.8, 4) is 0 Å². The van der Waals surface area contributed by atoms with Crippen LogP contribution in [0.2, 0.25) is 10.0 Å². The van der Waals surface area contributed by atoms with E-state index in [1.807, 2.05) is 39.8 Å². The first kappa shape index (κ1) is 50.7. The standard InChI is InChI=1S/C48H46Cl4N8O6/c1-7-29-21-40(56-48(66)44(28(6)62)60-58-42-24-34(16-18-38(42)52)46(64)54-36-14-10-12-32(20-36)26(4)50)30(8-2)22-39(29)55-47(65)43(27(5)61)59-57-41-23-33(15-17-37(41)51)45(63)53-35-13-9-11-31(19-35)25(3)49/h9-26,43-44H,7-8H2,1-6H3,(H,53,63)(H,54,64)(H,55,65)(H,56,66). The first-order valence-corrected chi connectivity index (χ1v) is 22.3. The lowest BCUT2D eigenvalue weighted by Gasteiger charge is -2.18. The van der Waals surface area contributed by atoms with Gasteiger partial charge in [-0.05, 0) is 136 Å². The number of carbonyl (C=O) groups is 6. The summed E-state index contributed by atoms with van der Waals surface area (Å²) in [5, 5.41) is 27.1. The number of nitrogens with zero attached hydrogens (tertiary/aromatic N) is 4. The van der Waals surface area contributed by atoms with Crippen LogP contribution in [-0.2, 0) is 32.0 Å². The molecule has 0 aliphatic carbocycles. The molecule has 0 saturated carbocycles. The summed E-state index contributed by atoms with van der Waals surface area (Å²) < 4.78 is 0. The van der Waals surface area contributed by atoms with Crippen LogP contribution < -0.4 is 21.3 Å². The van der Waals surface area contributed by atoms with Gasteiger partial charge in [-0.15, -0.1) is 23.2 Å². The van der Waals surface area contributed by atoms with E-state index < -0.39 is 47.3 Å². The number of hydrogen-bond donors (Lipinski definition) is 4. The van der Waals surface area contributed by atoms with Crippen LogP contribution in [0.25, 0.3) is 0 Å². The highest BCUT2D eigenvalue weighted by Crippen LogP contribution is 2.32. The topological polar surface area (TPSA) is 200 Å². The number of carbonyl (C=O) groups excluding carboxylic acids is 6. The van der Waals surface area contributed by atoms with Gasteiger partial charge in [0.05, 0.1) is 20.8 Å². The van der Waals surface area contributed by atoms with Gasteiger partial charge < -0.3 is 21.3 Å². The van der Waals surface area contributed by atoms with E-state index in [1.165, 1.54) is 50.2 Å². The first-order chi connectivity index (χ1) is 31.4. The van der Waals surface area contributed by atoms with E-state index in [1.54, 1.807) is 48.5 Å².